The Hall–Kier alpha value is -0.870. The van der Waals surface area contributed by atoms with Crippen LogP contribution in [0.1, 0.15) is 29.9 Å². The van der Waals surface area contributed by atoms with Gasteiger partial charge in [0.25, 0.3) is 0 Å². The van der Waals surface area contributed by atoms with Gasteiger partial charge in [-0.2, -0.15) is 0 Å². The van der Waals surface area contributed by atoms with Crippen LogP contribution in [0.15, 0.2) is 24.3 Å². The van der Waals surface area contributed by atoms with E-state index in [9.17, 15) is 8.42 Å². The summed E-state index contributed by atoms with van der Waals surface area (Å²) in [6.45, 7) is 1.25. The van der Waals surface area contributed by atoms with Gasteiger partial charge in [-0.15, -0.1) is 0 Å². The molecule has 0 saturated heterocycles. The molecule has 0 bridgehead atoms. The number of rotatable bonds is 6. The van der Waals surface area contributed by atoms with E-state index in [1.807, 2.05) is 0 Å². The lowest BCUT2D eigenvalue weighted by atomic mass is 10.1. The van der Waals surface area contributed by atoms with Crippen molar-refractivity contribution in [3.63, 3.8) is 0 Å². The van der Waals surface area contributed by atoms with E-state index in [0.717, 1.165) is 12.5 Å². The van der Waals surface area contributed by atoms with Gasteiger partial charge in [0, 0.05) is 19.3 Å². The third-order valence-corrected chi connectivity index (χ3v) is 3.95. The van der Waals surface area contributed by atoms with Gasteiger partial charge in [-0.05, 0) is 29.9 Å². The molecule has 1 N–H and O–H groups in total. The minimum atomic E-state index is -2.85. The van der Waals surface area contributed by atoms with Gasteiger partial charge in [-0.1, -0.05) is 24.3 Å². The van der Waals surface area contributed by atoms with E-state index in [1.54, 1.807) is 0 Å². The van der Waals surface area contributed by atoms with Crippen LogP contribution in [0, 0.1) is 0 Å². The first-order chi connectivity index (χ1) is 8.04. The van der Waals surface area contributed by atoms with E-state index < -0.39 is 9.84 Å². The Morgan fingerprint density at radius 3 is 2.41 bits per heavy atom. The molecule has 0 heterocycles. The van der Waals surface area contributed by atoms with E-state index in [4.69, 9.17) is 0 Å². The van der Waals surface area contributed by atoms with Crippen LogP contribution in [0.5, 0.6) is 0 Å². The molecule has 1 fully saturated rings. The van der Waals surface area contributed by atoms with Crippen LogP contribution < -0.4 is 5.32 Å². The topological polar surface area (TPSA) is 46.2 Å². The molecule has 2 rings (SSSR count). The lowest BCUT2D eigenvalue weighted by molar-refractivity contribution is 0.596. The Bertz CT molecular complexity index is 461. The Kier molecular flexibility index (Phi) is 3.84. The van der Waals surface area contributed by atoms with E-state index in [0.29, 0.717) is 6.54 Å². The second-order valence-electron chi connectivity index (χ2n) is 4.82. The number of hydrogen-bond acceptors (Lipinski definition) is 3. The molecular formula is C13H19NO2S. The van der Waals surface area contributed by atoms with Crippen LogP contribution in [0.25, 0.3) is 0 Å². The van der Waals surface area contributed by atoms with Gasteiger partial charge in [-0.3, -0.25) is 0 Å². The van der Waals surface area contributed by atoms with Crippen molar-refractivity contribution in [2.75, 3.05) is 18.6 Å². The van der Waals surface area contributed by atoms with Crippen LogP contribution in [0.3, 0.4) is 0 Å². The molecule has 1 aromatic rings. The monoisotopic (exact) mass is 253 g/mol. The molecule has 1 aromatic carbocycles. The Labute approximate surface area is 103 Å². The molecule has 3 nitrogen and oxygen atoms in total. The molecule has 0 radical (unpaired) electrons. The summed E-state index contributed by atoms with van der Waals surface area (Å²) in [7, 11) is -2.85. The normalized spacial score (nSPS) is 16.1. The van der Waals surface area contributed by atoms with Gasteiger partial charge in [0.05, 0.1) is 5.75 Å². The predicted octanol–water partition coefficient (Wildman–Crippen LogP) is 1.70. The molecule has 0 amide bonds. The quantitative estimate of drug-likeness (QED) is 0.785. The molecule has 1 aliphatic carbocycles. The lowest BCUT2D eigenvalue weighted by Crippen LogP contribution is -2.21. The van der Waals surface area contributed by atoms with Crippen LogP contribution in [0.4, 0.5) is 0 Å². The SMILES string of the molecule is CS(=O)(=O)CCNCc1ccc(C2CC2)cc1. The number of benzene rings is 1. The van der Waals surface area contributed by atoms with Crippen molar-refractivity contribution in [1.29, 1.82) is 0 Å². The molecule has 0 spiro atoms. The van der Waals surface area contributed by atoms with Crippen molar-refractivity contribution in [3.8, 4) is 0 Å². The molecule has 0 unspecified atom stereocenters. The molecule has 0 atom stereocenters. The Balaban J connectivity index is 1.75. The number of hydrogen-bond donors (Lipinski definition) is 1. The highest BCUT2D eigenvalue weighted by Crippen LogP contribution is 2.39. The van der Waals surface area contributed by atoms with Gasteiger partial charge in [0.1, 0.15) is 9.84 Å². The average molecular weight is 253 g/mol. The second kappa shape index (κ2) is 5.19. The maximum atomic E-state index is 10.9. The van der Waals surface area contributed by atoms with E-state index in [-0.39, 0.29) is 5.75 Å². The summed E-state index contributed by atoms with van der Waals surface area (Å²) in [6, 6.07) is 8.62. The summed E-state index contributed by atoms with van der Waals surface area (Å²) in [5.41, 5.74) is 2.65. The summed E-state index contributed by atoms with van der Waals surface area (Å²) in [6.07, 6.45) is 3.91. The smallest absolute Gasteiger partial charge is 0.148 e. The average Bonchev–Trinajstić information content (AvgIpc) is 3.08. The molecule has 4 heteroatoms. The highest BCUT2D eigenvalue weighted by atomic mass is 32.2. The lowest BCUT2D eigenvalue weighted by Gasteiger charge is -2.05. The minimum absolute atomic E-state index is 0.202. The summed E-state index contributed by atoms with van der Waals surface area (Å²) < 4.78 is 21.9. The summed E-state index contributed by atoms with van der Waals surface area (Å²) >= 11 is 0. The first-order valence-corrected chi connectivity index (χ1v) is 8.08. The summed E-state index contributed by atoms with van der Waals surface area (Å²) in [4.78, 5) is 0. The molecular weight excluding hydrogens is 234 g/mol. The highest BCUT2D eigenvalue weighted by molar-refractivity contribution is 7.90. The fourth-order valence-electron chi connectivity index (χ4n) is 1.81. The van der Waals surface area contributed by atoms with Crippen molar-refractivity contribution in [3.05, 3.63) is 35.4 Å². The summed E-state index contributed by atoms with van der Waals surface area (Å²) in [5, 5.41) is 3.14. The molecule has 0 aliphatic heterocycles. The third kappa shape index (κ3) is 4.48. The molecule has 0 aromatic heterocycles. The van der Waals surface area contributed by atoms with E-state index in [2.05, 4.69) is 29.6 Å². The van der Waals surface area contributed by atoms with Crippen LogP contribution in [0.2, 0.25) is 0 Å². The van der Waals surface area contributed by atoms with Gasteiger partial charge < -0.3 is 5.32 Å². The van der Waals surface area contributed by atoms with Gasteiger partial charge in [0.15, 0.2) is 0 Å². The van der Waals surface area contributed by atoms with E-state index >= 15 is 0 Å². The molecule has 17 heavy (non-hydrogen) atoms. The van der Waals surface area contributed by atoms with Crippen LogP contribution in [-0.4, -0.2) is 27.0 Å². The fraction of sp³-hybridized carbons (Fsp3) is 0.538. The van der Waals surface area contributed by atoms with Gasteiger partial charge in [0.2, 0.25) is 0 Å². The molecule has 1 aliphatic rings. The van der Waals surface area contributed by atoms with Gasteiger partial charge in [-0.25, -0.2) is 8.42 Å². The van der Waals surface area contributed by atoms with Crippen molar-refractivity contribution in [2.24, 2.45) is 0 Å². The molecule has 94 valence electrons. The van der Waals surface area contributed by atoms with Crippen molar-refractivity contribution in [1.82, 2.24) is 5.32 Å². The maximum absolute atomic E-state index is 10.9. The largest absolute Gasteiger partial charge is 0.312 e. The maximum Gasteiger partial charge on any atom is 0.148 e. The van der Waals surface area contributed by atoms with Crippen LogP contribution in [-0.2, 0) is 16.4 Å². The van der Waals surface area contributed by atoms with Crippen molar-refractivity contribution < 1.29 is 8.42 Å². The predicted molar refractivity (Wildman–Crippen MR) is 69.8 cm³/mol. The fourth-order valence-corrected chi connectivity index (χ4v) is 2.33. The van der Waals surface area contributed by atoms with Crippen LogP contribution >= 0.6 is 0 Å². The zero-order chi connectivity index (χ0) is 12.3. The Morgan fingerprint density at radius 1 is 1.24 bits per heavy atom. The first kappa shape index (κ1) is 12.6. The second-order valence-corrected chi connectivity index (χ2v) is 7.08. The third-order valence-electron chi connectivity index (χ3n) is 3.01. The van der Waals surface area contributed by atoms with Crippen molar-refractivity contribution in [2.45, 2.75) is 25.3 Å². The molecule has 1 saturated carbocycles. The van der Waals surface area contributed by atoms with Gasteiger partial charge >= 0.3 is 0 Å². The summed E-state index contributed by atoms with van der Waals surface area (Å²) in [5.74, 6) is 0.995. The zero-order valence-electron chi connectivity index (χ0n) is 10.1. The minimum Gasteiger partial charge on any atom is -0.312 e. The van der Waals surface area contributed by atoms with Crippen molar-refractivity contribution >= 4 is 9.84 Å². The zero-order valence-corrected chi connectivity index (χ0v) is 11.0. The standard InChI is InChI=1S/C13H19NO2S/c1-17(15,16)9-8-14-10-11-2-4-12(5-3-11)13-6-7-13/h2-5,13-14H,6-10H2,1H3. The first-order valence-electron chi connectivity index (χ1n) is 6.02. The van der Waals surface area contributed by atoms with E-state index in [1.165, 1.54) is 30.2 Å². The Morgan fingerprint density at radius 2 is 1.88 bits per heavy atom. The highest BCUT2D eigenvalue weighted by Gasteiger charge is 2.22. The number of nitrogens with one attached hydrogen (secondary N) is 1. The number of sulfone groups is 1.